The summed E-state index contributed by atoms with van der Waals surface area (Å²) in [4.78, 5) is 4.42. The van der Waals surface area contributed by atoms with Crippen LogP contribution in [-0.4, -0.2) is 15.6 Å². The smallest absolute Gasteiger partial charge is 0.203 e. The third-order valence-electron chi connectivity index (χ3n) is 1.83. The number of aromatic nitrogens is 2. The van der Waals surface area contributed by atoms with Gasteiger partial charge in [0.1, 0.15) is 0 Å². The summed E-state index contributed by atoms with van der Waals surface area (Å²) in [6.45, 7) is 10.6. The summed E-state index contributed by atoms with van der Waals surface area (Å²) in [5.74, 6) is 0.975. The second-order valence-corrected chi connectivity index (χ2v) is 4.01. The van der Waals surface area contributed by atoms with Crippen molar-refractivity contribution in [3.63, 3.8) is 0 Å². The van der Waals surface area contributed by atoms with E-state index >= 15 is 0 Å². The van der Waals surface area contributed by atoms with Crippen LogP contribution in [0.4, 0.5) is 5.95 Å². The summed E-state index contributed by atoms with van der Waals surface area (Å²) in [7, 11) is 0. The van der Waals surface area contributed by atoms with E-state index in [4.69, 9.17) is 0 Å². The average molecular weight is 181 g/mol. The number of hydrogen-bond acceptors (Lipinski definition) is 2. The van der Waals surface area contributed by atoms with Gasteiger partial charge in [0.25, 0.3) is 0 Å². The number of nitrogens with zero attached hydrogens (tertiary/aromatic N) is 2. The highest BCUT2D eigenvalue weighted by Gasteiger charge is 2.08. The van der Waals surface area contributed by atoms with Crippen LogP contribution in [0.15, 0.2) is 6.20 Å². The predicted molar refractivity (Wildman–Crippen MR) is 56.1 cm³/mol. The van der Waals surface area contributed by atoms with E-state index in [-0.39, 0.29) is 0 Å². The molecule has 3 heteroatoms. The van der Waals surface area contributed by atoms with Gasteiger partial charge < -0.3 is 9.88 Å². The molecule has 0 fully saturated rings. The fourth-order valence-electron chi connectivity index (χ4n) is 1.27. The molecule has 0 saturated heterocycles. The van der Waals surface area contributed by atoms with Crippen LogP contribution in [0.1, 0.15) is 39.4 Å². The van der Waals surface area contributed by atoms with Crippen LogP contribution in [0.25, 0.3) is 0 Å². The van der Waals surface area contributed by atoms with Crippen molar-refractivity contribution in [3.8, 4) is 0 Å². The van der Waals surface area contributed by atoms with Gasteiger partial charge in [0.2, 0.25) is 5.95 Å². The van der Waals surface area contributed by atoms with Crippen molar-refractivity contribution in [1.82, 2.24) is 9.55 Å². The molecule has 3 nitrogen and oxygen atoms in total. The zero-order valence-electron chi connectivity index (χ0n) is 9.13. The number of hydrogen-bond donors (Lipinski definition) is 1. The molecule has 1 N–H and O–H groups in total. The fraction of sp³-hybridized carbons (Fsp3) is 0.700. The number of anilines is 1. The van der Waals surface area contributed by atoms with E-state index in [0.717, 1.165) is 11.6 Å². The summed E-state index contributed by atoms with van der Waals surface area (Å²) >= 11 is 0. The minimum atomic E-state index is 0.430. The third kappa shape index (κ3) is 2.47. The Hall–Kier alpha value is -0.990. The van der Waals surface area contributed by atoms with Crippen molar-refractivity contribution in [2.75, 3.05) is 5.32 Å². The van der Waals surface area contributed by atoms with Crippen molar-refractivity contribution in [2.45, 2.75) is 46.7 Å². The molecule has 1 rings (SSSR count). The highest BCUT2D eigenvalue weighted by Crippen LogP contribution is 2.15. The summed E-state index contributed by atoms with van der Waals surface area (Å²) in [6, 6.07) is 0.891. The molecule has 1 aromatic rings. The fourth-order valence-corrected chi connectivity index (χ4v) is 1.27. The molecule has 0 amide bonds. The minimum Gasteiger partial charge on any atom is -0.353 e. The first-order valence-electron chi connectivity index (χ1n) is 4.82. The number of aryl methyl sites for hydroxylation is 1. The largest absolute Gasteiger partial charge is 0.353 e. The van der Waals surface area contributed by atoms with Gasteiger partial charge in [-0.25, -0.2) is 4.98 Å². The van der Waals surface area contributed by atoms with Crippen LogP contribution in [0.3, 0.4) is 0 Å². The summed E-state index contributed by atoms with van der Waals surface area (Å²) < 4.78 is 2.16. The van der Waals surface area contributed by atoms with Crippen LogP contribution in [0.5, 0.6) is 0 Å². The van der Waals surface area contributed by atoms with Gasteiger partial charge in [0, 0.05) is 18.3 Å². The molecule has 0 aliphatic rings. The van der Waals surface area contributed by atoms with Crippen molar-refractivity contribution in [2.24, 2.45) is 0 Å². The Morgan fingerprint density at radius 2 is 1.92 bits per heavy atom. The van der Waals surface area contributed by atoms with Crippen LogP contribution in [-0.2, 0) is 0 Å². The highest BCUT2D eigenvalue weighted by molar-refractivity contribution is 5.30. The molecule has 0 unspecified atom stereocenters. The molecule has 1 heterocycles. The van der Waals surface area contributed by atoms with Crippen molar-refractivity contribution in [3.05, 3.63) is 11.9 Å². The minimum absolute atomic E-state index is 0.430. The number of nitrogens with one attached hydrogen (secondary N) is 1. The summed E-state index contributed by atoms with van der Waals surface area (Å²) in [5.41, 5.74) is 1.07. The van der Waals surface area contributed by atoms with E-state index < -0.39 is 0 Å². The van der Waals surface area contributed by atoms with Crippen LogP contribution in [0, 0.1) is 6.92 Å². The predicted octanol–water partition coefficient (Wildman–Crippen LogP) is 2.59. The molecule has 0 aliphatic carbocycles. The van der Waals surface area contributed by atoms with E-state index in [2.05, 4.69) is 48.8 Å². The Labute approximate surface area is 80.2 Å². The lowest BCUT2D eigenvalue weighted by Gasteiger charge is -2.14. The van der Waals surface area contributed by atoms with Crippen molar-refractivity contribution >= 4 is 5.95 Å². The van der Waals surface area contributed by atoms with Crippen molar-refractivity contribution < 1.29 is 0 Å². The topological polar surface area (TPSA) is 29.9 Å². The number of imidazole rings is 1. The molecule has 1 aromatic heterocycles. The number of rotatable bonds is 3. The zero-order valence-corrected chi connectivity index (χ0v) is 9.13. The first kappa shape index (κ1) is 10.1. The standard InChI is InChI=1S/C10H19N3/c1-7(2)11-10-12-9(5)6-13(10)8(3)4/h6-8H,1-5H3,(H,11,12). The van der Waals surface area contributed by atoms with Gasteiger partial charge in [-0.05, 0) is 34.6 Å². The SMILES string of the molecule is Cc1cn(C(C)C)c(NC(C)C)n1. The molecule has 0 spiro atoms. The van der Waals surface area contributed by atoms with E-state index in [0.29, 0.717) is 12.1 Å². The monoisotopic (exact) mass is 181 g/mol. The first-order valence-corrected chi connectivity index (χ1v) is 4.82. The molecule has 0 atom stereocenters. The second kappa shape index (κ2) is 3.81. The van der Waals surface area contributed by atoms with Crippen LogP contribution in [0.2, 0.25) is 0 Å². The first-order chi connectivity index (χ1) is 6.00. The van der Waals surface area contributed by atoms with Gasteiger partial charge >= 0.3 is 0 Å². The third-order valence-corrected chi connectivity index (χ3v) is 1.83. The van der Waals surface area contributed by atoms with Crippen LogP contribution >= 0.6 is 0 Å². The molecule has 0 aliphatic heterocycles. The van der Waals surface area contributed by atoms with E-state index in [1.807, 2.05) is 6.92 Å². The second-order valence-electron chi connectivity index (χ2n) is 4.01. The summed E-state index contributed by atoms with van der Waals surface area (Å²) in [5, 5.41) is 3.33. The van der Waals surface area contributed by atoms with E-state index in [9.17, 15) is 0 Å². The summed E-state index contributed by atoms with van der Waals surface area (Å²) in [6.07, 6.45) is 2.08. The molecule has 0 saturated carbocycles. The quantitative estimate of drug-likeness (QED) is 0.776. The Balaban J connectivity index is 2.91. The van der Waals surface area contributed by atoms with Gasteiger partial charge in [0.15, 0.2) is 0 Å². The van der Waals surface area contributed by atoms with Gasteiger partial charge in [-0.2, -0.15) is 0 Å². The van der Waals surface area contributed by atoms with Gasteiger partial charge in [-0.15, -0.1) is 0 Å². The highest BCUT2D eigenvalue weighted by atomic mass is 15.2. The molecule has 74 valence electrons. The molecule has 0 aromatic carbocycles. The Morgan fingerprint density at radius 3 is 2.38 bits per heavy atom. The van der Waals surface area contributed by atoms with Crippen LogP contribution < -0.4 is 5.32 Å². The normalized spacial score (nSPS) is 11.3. The maximum absolute atomic E-state index is 4.42. The molecule has 0 bridgehead atoms. The van der Waals surface area contributed by atoms with E-state index in [1.165, 1.54) is 0 Å². The lowest BCUT2D eigenvalue weighted by Crippen LogP contribution is -2.15. The van der Waals surface area contributed by atoms with E-state index in [1.54, 1.807) is 0 Å². The molecule has 0 radical (unpaired) electrons. The Morgan fingerprint density at radius 1 is 1.31 bits per heavy atom. The average Bonchev–Trinajstić information content (AvgIpc) is 2.29. The lowest BCUT2D eigenvalue weighted by atomic mass is 10.4. The van der Waals surface area contributed by atoms with Crippen molar-refractivity contribution in [1.29, 1.82) is 0 Å². The van der Waals surface area contributed by atoms with Gasteiger partial charge in [-0.3, -0.25) is 0 Å². The Bertz CT molecular complexity index is 274. The molecular weight excluding hydrogens is 162 g/mol. The Kier molecular flexibility index (Phi) is 2.96. The zero-order chi connectivity index (χ0) is 10.0. The maximum Gasteiger partial charge on any atom is 0.203 e. The molecular formula is C10H19N3. The maximum atomic E-state index is 4.42. The lowest BCUT2D eigenvalue weighted by molar-refractivity contribution is 0.601. The molecule has 13 heavy (non-hydrogen) atoms. The van der Waals surface area contributed by atoms with Gasteiger partial charge in [0.05, 0.1) is 5.69 Å². The van der Waals surface area contributed by atoms with Gasteiger partial charge in [-0.1, -0.05) is 0 Å².